The minimum Gasteiger partial charge on any atom is -0.361 e. The van der Waals surface area contributed by atoms with E-state index in [0.29, 0.717) is 11.5 Å². The van der Waals surface area contributed by atoms with Crippen LogP contribution in [0.15, 0.2) is 22.7 Å². The molecule has 1 aromatic carbocycles. The molecular formula is C14H16N2O2. The Kier molecular flexibility index (Phi) is 3.19. The first kappa shape index (κ1) is 12.4. The Labute approximate surface area is 106 Å². The topological polar surface area (TPSA) is 55.1 Å². The average molecular weight is 244 g/mol. The van der Waals surface area contributed by atoms with Crippen molar-refractivity contribution in [1.29, 1.82) is 0 Å². The number of nitrogens with one attached hydrogen (secondary N) is 1. The number of anilines is 1. The molecule has 1 amide bonds. The standard InChI is InChI=1S/C14H16N2O2/c1-8-5-12(6-9(2)11(8)4)15-14(17)13-7-10(3)18-16-13/h5-7H,1-4H3,(H,15,17). The summed E-state index contributed by atoms with van der Waals surface area (Å²) in [5.41, 5.74) is 4.62. The Balaban J connectivity index is 2.22. The van der Waals surface area contributed by atoms with E-state index >= 15 is 0 Å². The number of rotatable bonds is 2. The molecule has 0 saturated carbocycles. The van der Waals surface area contributed by atoms with Crippen LogP contribution in [-0.4, -0.2) is 11.1 Å². The summed E-state index contributed by atoms with van der Waals surface area (Å²) in [4.78, 5) is 11.9. The van der Waals surface area contributed by atoms with Gasteiger partial charge in [0.05, 0.1) is 0 Å². The van der Waals surface area contributed by atoms with Crippen molar-refractivity contribution in [1.82, 2.24) is 5.16 Å². The van der Waals surface area contributed by atoms with Crippen LogP contribution in [0.4, 0.5) is 5.69 Å². The first-order valence-electron chi connectivity index (χ1n) is 5.80. The van der Waals surface area contributed by atoms with Gasteiger partial charge < -0.3 is 9.84 Å². The van der Waals surface area contributed by atoms with E-state index in [0.717, 1.165) is 16.8 Å². The number of benzene rings is 1. The van der Waals surface area contributed by atoms with Crippen molar-refractivity contribution in [3.05, 3.63) is 46.3 Å². The largest absolute Gasteiger partial charge is 0.361 e. The van der Waals surface area contributed by atoms with Crippen LogP contribution >= 0.6 is 0 Å². The fourth-order valence-corrected chi connectivity index (χ4v) is 1.78. The Morgan fingerprint density at radius 3 is 2.22 bits per heavy atom. The van der Waals surface area contributed by atoms with E-state index in [1.807, 2.05) is 26.0 Å². The van der Waals surface area contributed by atoms with Crippen molar-refractivity contribution in [2.75, 3.05) is 5.32 Å². The smallest absolute Gasteiger partial charge is 0.277 e. The molecule has 0 saturated heterocycles. The number of carbonyl (C=O) groups is 1. The van der Waals surface area contributed by atoms with Gasteiger partial charge in [-0.15, -0.1) is 0 Å². The Morgan fingerprint density at radius 1 is 1.11 bits per heavy atom. The maximum Gasteiger partial charge on any atom is 0.277 e. The number of carbonyl (C=O) groups excluding carboxylic acids is 1. The second kappa shape index (κ2) is 4.64. The van der Waals surface area contributed by atoms with Crippen LogP contribution in [-0.2, 0) is 0 Å². The van der Waals surface area contributed by atoms with Crippen molar-refractivity contribution < 1.29 is 9.32 Å². The number of nitrogens with zero attached hydrogens (tertiary/aromatic N) is 1. The Hall–Kier alpha value is -2.10. The zero-order valence-electron chi connectivity index (χ0n) is 11.0. The van der Waals surface area contributed by atoms with E-state index in [-0.39, 0.29) is 5.91 Å². The highest BCUT2D eigenvalue weighted by Crippen LogP contribution is 2.19. The van der Waals surface area contributed by atoms with Gasteiger partial charge in [0.15, 0.2) is 5.69 Å². The summed E-state index contributed by atoms with van der Waals surface area (Å²) >= 11 is 0. The number of aryl methyl sites for hydroxylation is 3. The Morgan fingerprint density at radius 2 is 1.72 bits per heavy atom. The summed E-state index contributed by atoms with van der Waals surface area (Å²) < 4.78 is 4.88. The molecule has 0 unspecified atom stereocenters. The number of hydrogen-bond donors (Lipinski definition) is 1. The zero-order valence-corrected chi connectivity index (χ0v) is 11.0. The molecule has 1 heterocycles. The third-order valence-corrected chi connectivity index (χ3v) is 3.05. The fourth-order valence-electron chi connectivity index (χ4n) is 1.78. The normalized spacial score (nSPS) is 10.4. The van der Waals surface area contributed by atoms with Gasteiger partial charge in [0.2, 0.25) is 0 Å². The van der Waals surface area contributed by atoms with Crippen LogP contribution in [0.3, 0.4) is 0 Å². The molecule has 1 aromatic heterocycles. The summed E-state index contributed by atoms with van der Waals surface area (Å²) in [6, 6.07) is 5.52. The van der Waals surface area contributed by atoms with Crippen LogP contribution in [0, 0.1) is 27.7 Å². The molecule has 0 atom stereocenters. The third-order valence-electron chi connectivity index (χ3n) is 3.05. The van der Waals surface area contributed by atoms with Gasteiger partial charge in [0.1, 0.15) is 5.76 Å². The molecule has 18 heavy (non-hydrogen) atoms. The summed E-state index contributed by atoms with van der Waals surface area (Å²) in [5, 5.41) is 6.51. The lowest BCUT2D eigenvalue weighted by Crippen LogP contribution is -2.12. The summed E-state index contributed by atoms with van der Waals surface area (Å²) in [6.45, 7) is 7.87. The van der Waals surface area contributed by atoms with Crippen LogP contribution < -0.4 is 5.32 Å². The van der Waals surface area contributed by atoms with E-state index in [4.69, 9.17) is 4.52 Å². The average Bonchev–Trinajstić information content (AvgIpc) is 2.72. The lowest BCUT2D eigenvalue weighted by molar-refractivity contribution is 0.101. The molecule has 0 spiro atoms. The van der Waals surface area contributed by atoms with E-state index < -0.39 is 0 Å². The van der Waals surface area contributed by atoms with Gasteiger partial charge in [-0.2, -0.15) is 0 Å². The molecule has 0 fully saturated rings. The van der Waals surface area contributed by atoms with Crippen LogP contribution in [0.1, 0.15) is 32.9 Å². The maximum atomic E-state index is 11.9. The van der Waals surface area contributed by atoms with Gasteiger partial charge in [-0.1, -0.05) is 5.16 Å². The SMILES string of the molecule is Cc1cc(C(=O)Nc2cc(C)c(C)c(C)c2)no1. The van der Waals surface area contributed by atoms with Crippen molar-refractivity contribution in [2.24, 2.45) is 0 Å². The van der Waals surface area contributed by atoms with Crippen LogP contribution in [0.2, 0.25) is 0 Å². The molecule has 4 nitrogen and oxygen atoms in total. The minimum atomic E-state index is -0.255. The summed E-state index contributed by atoms with van der Waals surface area (Å²) in [5.74, 6) is 0.367. The third kappa shape index (κ3) is 2.42. The van der Waals surface area contributed by atoms with Crippen molar-refractivity contribution >= 4 is 11.6 Å². The van der Waals surface area contributed by atoms with Crippen molar-refractivity contribution in [3.63, 3.8) is 0 Å². The predicted octanol–water partition coefficient (Wildman–Crippen LogP) is 3.16. The summed E-state index contributed by atoms with van der Waals surface area (Å²) in [7, 11) is 0. The number of hydrogen-bond acceptors (Lipinski definition) is 3. The van der Waals surface area contributed by atoms with E-state index in [2.05, 4.69) is 17.4 Å². The number of amides is 1. The van der Waals surface area contributed by atoms with Gasteiger partial charge in [0.25, 0.3) is 5.91 Å². The van der Waals surface area contributed by atoms with Crippen LogP contribution in [0.25, 0.3) is 0 Å². The van der Waals surface area contributed by atoms with Gasteiger partial charge in [-0.3, -0.25) is 4.79 Å². The monoisotopic (exact) mass is 244 g/mol. The summed E-state index contributed by atoms with van der Waals surface area (Å²) in [6.07, 6.45) is 0. The molecule has 94 valence electrons. The van der Waals surface area contributed by atoms with Gasteiger partial charge in [-0.25, -0.2) is 0 Å². The molecular weight excluding hydrogens is 228 g/mol. The molecule has 0 aliphatic carbocycles. The predicted molar refractivity (Wildman–Crippen MR) is 69.8 cm³/mol. The highest BCUT2D eigenvalue weighted by atomic mass is 16.5. The zero-order chi connectivity index (χ0) is 13.3. The first-order valence-corrected chi connectivity index (χ1v) is 5.80. The van der Waals surface area contributed by atoms with Gasteiger partial charge in [0, 0.05) is 11.8 Å². The number of aromatic nitrogens is 1. The molecule has 0 bridgehead atoms. The lowest BCUT2D eigenvalue weighted by atomic mass is 10.0. The molecule has 0 radical (unpaired) electrons. The second-order valence-corrected chi connectivity index (χ2v) is 4.51. The first-order chi connectivity index (χ1) is 8.47. The molecule has 0 aliphatic rings. The maximum absolute atomic E-state index is 11.9. The Bertz CT molecular complexity index is 577. The van der Waals surface area contributed by atoms with Gasteiger partial charge in [-0.05, 0) is 56.5 Å². The molecule has 0 aliphatic heterocycles. The highest BCUT2D eigenvalue weighted by molar-refractivity contribution is 6.02. The second-order valence-electron chi connectivity index (χ2n) is 4.51. The molecule has 2 aromatic rings. The van der Waals surface area contributed by atoms with Crippen molar-refractivity contribution in [2.45, 2.75) is 27.7 Å². The van der Waals surface area contributed by atoms with Crippen LogP contribution in [0.5, 0.6) is 0 Å². The molecule has 4 heteroatoms. The van der Waals surface area contributed by atoms with E-state index in [1.54, 1.807) is 13.0 Å². The van der Waals surface area contributed by atoms with E-state index in [1.165, 1.54) is 5.56 Å². The lowest BCUT2D eigenvalue weighted by Gasteiger charge is -2.09. The molecule has 2 rings (SSSR count). The van der Waals surface area contributed by atoms with Crippen molar-refractivity contribution in [3.8, 4) is 0 Å². The van der Waals surface area contributed by atoms with E-state index in [9.17, 15) is 4.79 Å². The van der Waals surface area contributed by atoms with Gasteiger partial charge >= 0.3 is 0 Å². The highest BCUT2D eigenvalue weighted by Gasteiger charge is 2.11. The molecule has 1 N–H and O–H groups in total. The fraction of sp³-hybridized carbons (Fsp3) is 0.286. The minimum absolute atomic E-state index is 0.255. The quantitative estimate of drug-likeness (QED) is 0.882.